The number of nitrogens with one attached hydrogen (secondary N) is 1. The monoisotopic (exact) mass is 344 g/mol. The maximum Gasteiger partial charge on any atom is 0.223 e. The van der Waals surface area contributed by atoms with Gasteiger partial charge in [-0.2, -0.15) is 0 Å². The molecule has 1 aromatic carbocycles. The summed E-state index contributed by atoms with van der Waals surface area (Å²) in [6.45, 7) is 1.40. The van der Waals surface area contributed by atoms with E-state index in [4.69, 9.17) is 5.73 Å². The van der Waals surface area contributed by atoms with Gasteiger partial charge in [0.15, 0.2) is 5.13 Å². The molecule has 0 unspecified atom stereocenters. The summed E-state index contributed by atoms with van der Waals surface area (Å²) in [6.07, 6.45) is 0. The van der Waals surface area contributed by atoms with Crippen LogP contribution in [0.2, 0.25) is 0 Å². The summed E-state index contributed by atoms with van der Waals surface area (Å²) in [7, 11) is 0. The summed E-state index contributed by atoms with van der Waals surface area (Å²) in [5, 5.41) is 5.31. The Morgan fingerprint density at radius 3 is 2.61 bits per heavy atom. The Bertz CT molecular complexity index is 871. The summed E-state index contributed by atoms with van der Waals surface area (Å²) in [5.41, 5.74) is 6.83. The van der Waals surface area contributed by atoms with Gasteiger partial charge in [0, 0.05) is 17.9 Å². The standard InChI is InChI=1S/C15H12N4O2S2/c1-8(20)17-15-19-13(16)12(23-15)14-18-10(7-22-14)11(21)9-5-3-2-4-6-9/h2-7H,16H2,1H3,(H,17,19,20). The number of nitrogen functional groups attached to an aromatic ring is 1. The summed E-state index contributed by atoms with van der Waals surface area (Å²) in [5.74, 6) is -0.0746. The largest absolute Gasteiger partial charge is 0.382 e. The topological polar surface area (TPSA) is 98.0 Å². The number of carbonyl (C=O) groups excluding carboxylic acids is 2. The number of aromatic nitrogens is 2. The molecule has 0 aliphatic heterocycles. The van der Waals surface area contributed by atoms with E-state index in [9.17, 15) is 9.59 Å². The van der Waals surface area contributed by atoms with Crippen molar-refractivity contribution >= 4 is 45.3 Å². The fraction of sp³-hybridized carbons (Fsp3) is 0.0667. The molecule has 1 amide bonds. The van der Waals surface area contributed by atoms with Gasteiger partial charge in [-0.05, 0) is 0 Å². The zero-order valence-electron chi connectivity index (χ0n) is 12.1. The smallest absolute Gasteiger partial charge is 0.223 e. The van der Waals surface area contributed by atoms with Crippen LogP contribution >= 0.6 is 22.7 Å². The number of anilines is 2. The van der Waals surface area contributed by atoms with Gasteiger partial charge in [-0.3, -0.25) is 9.59 Å². The molecule has 23 heavy (non-hydrogen) atoms. The van der Waals surface area contributed by atoms with Crippen molar-refractivity contribution in [1.82, 2.24) is 9.97 Å². The van der Waals surface area contributed by atoms with Gasteiger partial charge in [-0.25, -0.2) is 9.97 Å². The first-order valence-electron chi connectivity index (χ1n) is 6.64. The lowest BCUT2D eigenvalue weighted by molar-refractivity contribution is -0.114. The normalized spacial score (nSPS) is 10.5. The van der Waals surface area contributed by atoms with E-state index in [2.05, 4.69) is 15.3 Å². The highest BCUT2D eigenvalue weighted by Gasteiger charge is 2.18. The van der Waals surface area contributed by atoms with Crippen LogP contribution in [0.3, 0.4) is 0 Å². The van der Waals surface area contributed by atoms with Crippen LogP contribution in [0, 0.1) is 0 Å². The average Bonchev–Trinajstić information content (AvgIpc) is 3.13. The first-order chi connectivity index (χ1) is 11.0. The van der Waals surface area contributed by atoms with Crippen molar-refractivity contribution in [3.8, 4) is 9.88 Å². The highest BCUT2D eigenvalue weighted by atomic mass is 32.1. The van der Waals surface area contributed by atoms with E-state index in [-0.39, 0.29) is 17.5 Å². The number of nitrogens with two attached hydrogens (primary N) is 1. The highest BCUT2D eigenvalue weighted by molar-refractivity contribution is 7.23. The van der Waals surface area contributed by atoms with Gasteiger partial charge >= 0.3 is 0 Å². The number of hydrogen-bond donors (Lipinski definition) is 2. The third-order valence-electron chi connectivity index (χ3n) is 2.90. The lowest BCUT2D eigenvalue weighted by Crippen LogP contribution is -2.05. The maximum absolute atomic E-state index is 12.4. The zero-order chi connectivity index (χ0) is 16.4. The van der Waals surface area contributed by atoms with Crippen LogP contribution in [0.5, 0.6) is 0 Å². The number of rotatable bonds is 4. The quantitative estimate of drug-likeness (QED) is 0.709. The van der Waals surface area contributed by atoms with Gasteiger partial charge in [-0.15, -0.1) is 11.3 Å². The van der Waals surface area contributed by atoms with Crippen molar-refractivity contribution in [2.45, 2.75) is 6.92 Å². The molecule has 3 N–H and O–H groups in total. The lowest BCUT2D eigenvalue weighted by Gasteiger charge is -1.96. The molecule has 3 rings (SSSR count). The Labute approximate surface area is 140 Å². The van der Waals surface area contributed by atoms with Crippen molar-refractivity contribution in [2.75, 3.05) is 11.1 Å². The third kappa shape index (κ3) is 3.27. The van der Waals surface area contributed by atoms with Crippen molar-refractivity contribution in [3.63, 3.8) is 0 Å². The van der Waals surface area contributed by atoms with Crippen LogP contribution in [0.1, 0.15) is 23.0 Å². The lowest BCUT2D eigenvalue weighted by atomic mass is 10.1. The predicted octanol–water partition coefficient (Wildman–Crippen LogP) is 3.04. The number of carbonyl (C=O) groups is 2. The van der Waals surface area contributed by atoms with Gasteiger partial charge in [0.25, 0.3) is 0 Å². The van der Waals surface area contributed by atoms with Crippen LogP contribution in [0.4, 0.5) is 10.9 Å². The molecule has 2 aromatic heterocycles. The Morgan fingerprint density at radius 2 is 1.91 bits per heavy atom. The number of amides is 1. The van der Waals surface area contributed by atoms with E-state index in [1.54, 1.807) is 29.6 Å². The minimum Gasteiger partial charge on any atom is -0.382 e. The Balaban J connectivity index is 1.89. The number of benzene rings is 1. The SMILES string of the molecule is CC(=O)Nc1nc(N)c(-c2nc(C(=O)c3ccccc3)cs2)s1. The third-order valence-corrected chi connectivity index (χ3v) is 4.89. The predicted molar refractivity (Wildman–Crippen MR) is 91.8 cm³/mol. The molecule has 3 aromatic rings. The molecule has 0 saturated heterocycles. The first kappa shape index (κ1) is 15.3. The second kappa shape index (κ2) is 6.27. The van der Waals surface area contributed by atoms with Crippen LogP contribution in [-0.2, 0) is 4.79 Å². The second-order valence-corrected chi connectivity index (χ2v) is 6.50. The molecular formula is C15H12N4O2S2. The number of nitrogens with zero attached hydrogens (tertiary/aromatic N) is 2. The summed E-state index contributed by atoms with van der Waals surface area (Å²) >= 11 is 2.55. The minimum absolute atomic E-state index is 0.140. The summed E-state index contributed by atoms with van der Waals surface area (Å²) < 4.78 is 0. The van der Waals surface area contributed by atoms with Crippen molar-refractivity contribution in [3.05, 3.63) is 47.0 Å². The summed E-state index contributed by atoms with van der Waals surface area (Å²) in [6, 6.07) is 8.96. The Hall–Kier alpha value is -2.58. The molecule has 0 saturated carbocycles. The number of ketones is 1. The molecular weight excluding hydrogens is 332 g/mol. The van der Waals surface area contributed by atoms with E-state index >= 15 is 0 Å². The van der Waals surface area contributed by atoms with E-state index in [0.29, 0.717) is 26.3 Å². The van der Waals surface area contributed by atoms with Crippen LogP contribution < -0.4 is 11.1 Å². The van der Waals surface area contributed by atoms with Crippen molar-refractivity contribution < 1.29 is 9.59 Å². The second-order valence-electron chi connectivity index (χ2n) is 4.65. The zero-order valence-corrected chi connectivity index (χ0v) is 13.7. The van der Waals surface area contributed by atoms with E-state index in [1.807, 2.05) is 6.07 Å². The van der Waals surface area contributed by atoms with Crippen LogP contribution in [0.15, 0.2) is 35.7 Å². The summed E-state index contributed by atoms with van der Waals surface area (Å²) in [4.78, 5) is 32.5. The van der Waals surface area contributed by atoms with Gasteiger partial charge in [0.1, 0.15) is 21.4 Å². The van der Waals surface area contributed by atoms with Gasteiger partial charge in [0.2, 0.25) is 11.7 Å². The van der Waals surface area contributed by atoms with E-state index in [1.165, 1.54) is 29.6 Å². The first-order valence-corrected chi connectivity index (χ1v) is 8.33. The molecule has 0 spiro atoms. The molecule has 8 heteroatoms. The molecule has 6 nitrogen and oxygen atoms in total. The van der Waals surface area contributed by atoms with Crippen molar-refractivity contribution in [1.29, 1.82) is 0 Å². The van der Waals surface area contributed by atoms with Gasteiger partial charge in [-0.1, -0.05) is 41.7 Å². The highest BCUT2D eigenvalue weighted by Crippen LogP contribution is 2.36. The fourth-order valence-electron chi connectivity index (χ4n) is 1.91. The van der Waals surface area contributed by atoms with Crippen LogP contribution in [0.25, 0.3) is 9.88 Å². The molecule has 0 aliphatic rings. The number of thiazole rings is 2. The van der Waals surface area contributed by atoms with Crippen molar-refractivity contribution in [2.24, 2.45) is 0 Å². The molecule has 2 heterocycles. The average molecular weight is 344 g/mol. The molecule has 0 aliphatic carbocycles. The Kier molecular flexibility index (Phi) is 4.18. The molecule has 0 bridgehead atoms. The molecule has 0 atom stereocenters. The molecule has 0 fully saturated rings. The van der Waals surface area contributed by atoms with Gasteiger partial charge < -0.3 is 11.1 Å². The minimum atomic E-state index is -0.218. The van der Waals surface area contributed by atoms with Crippen LogP contribution in [-0.4, -0.2) is 21.7 Å². The maximum atomic E-state index is 12.4. The van der Waals surface area contributed by atoms with E-state index < -0.39 is 0 Å². The molecule has 0 radical (unpaired) electrons. The Morgan fingerprint density at radius 1 is 1.17 bits per heavy atom. The fourth-order valence-corrected chi connectivity index (χ4v) is 3.74. The number of hydrogen-bond acceptors (Lipinski definition) is 7. The van der Waals surface area contributed by atoms with Gasteiger partial charge in [0.05, 0.1) is 0 Å². The molecule has 116 valence electrons. The van der Waals surface area contributed by atoms with E-state index in [0.717, 1.165) is 0 Å².